The molecule has 2 amide bonds. The van der Waals surface area contributed by atoms with Gasteiger partial charge >= 0.3 is 6.03 Å². The Hall–Kier alpha value is -3.42. The fourth-order valence-corrected chi connectivity index (χ4v) is 2.26. The van der Waals surface area contributed by atoms with Crippen LogP contribution in [0.25, 0.3) is 16.6 Å². The number of fused-ring (bicyclic) bond motifs is 1. The van der Waals surface area contributed by atoms with Crippen molar-refractivity contribution in [1.29, 1.82) is 5.41 Å². The molecule has 0 fully saturated rings. The first-order valence-corrected chi connectivity index (χ1v) is 6.84. The molecule has 0 aliphatic carbocycles. The number of aromatic amines is 1. The van der Waals surface area contributed by atoms with Gasteiger partial charge in [-0.3, -0.25) is 15.2 Å². The van der Waals surface area contributed by atoms with Crippen molar-refractivity contribution in [2.24, 2.45) is 0 Å². The molecule has 116 valence electrons. The lowest BCUT2D eigenvalue weighted by atomic mass is 10.2. The summed E-state index contributed by atoms with van der Waals surface area (Å²) in [5, 5.41) is 15.8. The summed E-state index contributed by atoms with van der Waals surface area (Å²) >= 11 is 0. The zero-order valence-electron chi connectivity index (χ0n) is 12.3. The van der Waals surface area contributed by atoms with Crippen LogP contribution in [0.4, 0.5) is 10.6 Å². The lowest BCUT2D eigenvalue weighted by Crippen LogP contribution is -2.25. The van der Waals surface area contributed by atoms with Gasteiger partial charge in [-0.05, 0) is 12.1 Å². The Bertz CT molecular complexity index is 942. The molecule has 0 saturated heterocycles. The molecule has 3 aromatic rings. The van der Waals surface area contributed by atoms with E-state index < -0.39 is 6.03 Å². The van der Waals surface area contributed by atoms with E-state index in [9.17, 15) is 9.59 Å². The van der Waals surface area contributed by atoms with Gasteiger partial charge in [-0.25, -0.2) is 14.5 Å². The third kappa shape index (κ3) is 2.46. The molecule has 0 aliphatic heterocycles. The molecular formula is C15H14N6O2. The summed E-state index contributed by atoms with van der Waals surface area (Å²) in [6.45, 7) is 0. The number of para-hydroxylation sites is 1. The second-order valence-electron chi connectivity index (χ2n) is 4.75. The number of carbonyl (C=O) groups is 1. The molecule has 8 nitrogen and oxygen atoms in total. The molecule has 0 unspecified atom stereocenters. The molecule has 0 spiro atoms. The summed E-state index contributed by atoms with van der Waals surface area (Å²) in [5.74, 6) is 0.202. The number of rotatable bonds is 3. The summed E-state index contributed by atoms with van der Waals surface area (Å²) in [4.78, 5) is 28.0. The van der Waals surface area contributed by atoms with E-state index >= 15 is 0 Å². The Balaban J connectivity index is 2.22. The van der Waals surface area contributed by atoms with Crippen molar-refractivity contribution >= 4 is 29.0 Å². The number of pyridine rings is 1. The molecule has 2 aromatic heterocycles. The Morgan fingerprint density at radius 2 is 2.09 bits per heavy atom. The van der Waals surface area contributed by atoms with Crippen molar-refractivity contribution in [3.63, 3.8) is 0 Å². The normalized spacial score (nSPS) is 10.5. The first-order chi connectivity index (χ1) is 11.2. The zero-order valence-corrected chi connectivity index (χ0v) is 12.3. The number of aromatic nitrogens is 3. The van der Waals surface area contributed by atoms with Crippen LogP contribution in [-0.4, -0.2) is 34.1 Å². The molecule has 1 aromatic carbocycles. The number of amides is 2. The number of H-pyrrole nitrogens is 1. The van der Waals surface area contributed by atoms with Crippen LogP contribution in [0, 0.1) is 5.41 Å². The average Bonchev–Trinajstić information content (AvgIpc) is 2.92. The van der Waals surface area contributed by atoms with Crippen molar-refractivity contribution in [3.05, 3.63) is 52.4 Å². The number of nitrogens with one attached hydrogen (secondary N) is 4. The predicted molar refractivity (Wildman–Crippen MR) is 87.7 cm³/mol. The van der Waals surface area contributed by atoms with Crippen molar-refractivity contribution < 1.29 is 4.79 Å². The second kappa shape index (κ2) is 5.76. The van der Waals surface area contributed by atoms with Gasteiger partial charge in [0.05, 0.1) is 22.2 Å². The first kappa shape index (κ1) is 14.5. The lowest BCUT2D eigenvalue weighted by molar-refractivity contribution is 0.254. The average molecular weight is 310 g/mol. The number of carbonyl (C=O) groups excluding carboxylic acids is 1. The number of hydrogen-bond donors (Lipinski definition) is 4. The Labute approximate surface area is 130 Å². The number of anilines is 1. The lowest BCUT2D eigenvalue weighted by Gasteiger charge is -2.06. The van der Waals surface area contributed by atoms with Crippen molar-refractivity contribution in [2.75, 3.05) is 12.4 Å². The van der Waals surface area contributed by atoms with E-state index in [1.165, 1.54) is 17.9 Å². The van der Waals surface area contributed by atoms with E-state index in [1.54, 1.807) is 12.1 Å². The number of benzene rings is 1. The fourth-order valence-electron chi connectivity index (χ4n) is 2.26. The van der Waals surface area contributed by atoms with Crippen molar-refractivity contribution in [2.45, 2.75) is 0 Å². The van der Waals surface area contributed by atoms with Gasteiger partial charge in [0.25, 0.3) is 5.56 Å². The van der Waals surface area contributed by atoms with Crippen LogP contribution in [0.3, 0.4) is 0 Å². The van der Waals surface area contributed by atoms with E-state index in [1.807, 2.05) is 18.2 Å². The molecule has 23 heavy (non-hydrogen) atoms. The molecule has 0 aliphatic rings. The Kier molecular flexibility index (Phi) is 3.63. The van der Waals surface area contributed by atoms with Crippen LogP contribution in [0.15, 0.2) is 41.3 Å². The van der Waals surface area contributed by atoms with Gasteiger partial charge in [0, 0.05) is 19.5 Å². The van der Waals surface area contributed by atoms with Gasteiger partial charge in [0.15, 0.2) is 0 Å². The monoisotopic (exact) mass is 310 g/mol. The standard InChI is InChI=1S/C15H14N6O2/c1-17-15(23)19-13-10(7-16)12-11(8-18-13)14(22)21(20-12)9-5-3-2-4-6-9/h2-8,16,20H,1H3,(H2,17,18,19,23). The van der Waals surface area contributed by atoms with Crippen LogP contribution in [0.2, 0.25) is 0 Å². The summed E-state index contributed by atoms with van der Waals surface area (Å²) in [7, 11) is 1.48. The van der Waals surface area contributed by atoms with Crippen molar-refractivity contribution in [1.82, 2.24) is 20.1 Å². The molecule has 0 saturated carbocycles. The highest BCUT2D eigenvalue weighted by Crippen LogP contribution is 2.19. The maximum Gasteiger partial charge on any atom is 0.320 e. The quantitative estimate of drug-likeness (QED) is 0.549. The SMILES string of the molecule is CNC(=O)Nc1ncc2c(=O)n(-c3ccccc3)[nH]c2c1C=N. The van der Waals surface area contributed by atoms with Crippen LogP contribution in [0.5, 0.6) is 0 Å². The minimum Gasteiger partial charge on any atom is -0.341 e. The largest absolute Gasteiger partial charge is 0.341 e. The molecule has 0 radical (unpaired) electrons. The molecule has 0 bridgehead atoms. The second-order valence-corrected chi connectivity index (χ2v) is 4.75. The van der Waals surface area contributed by atoms with Crippen LogP contribution < -0.4 is 16.2 Å². The highest BCUT2D eigenvalue weighted by atomic mass is 16.2. The number of nitrogens with zero attached hydrogens (tertiary/aromatic N) is 2. The Morgan fingerprint density at radius 1 is 1.35 bits per heavy atom. The van der Waals surface area contributed by atoms with E-state index in [2.05, 4.69) is 20.7 Å². The Morgan fingerprint density at radius 3 is 2.74 bits per heavy atom. The molecule has 8 heteroatoms. The van der Waals surface area contributed by atoms with E-state index in [-0.39, 0.29) is 11.4 Å². The van der Waals surface area contributed by atoms with Gasteiger partial charge in [-0.15, -0.1) is 0 Å². The number of hydrogen-bond acceptors (Lipinski definition) is 4. The van der Waals surface area contributed by atoms with E-state index in [0.29, 0.717) is 22.2 Å². The van der Waals surface area contributed by atoms with Crippen LogP contribution in [0.1, 0.15) is 5.56 Å². The molecular weight excluding hydrogens is 296 g/mol. The maximum atomic E-state index is 12.5. The minimum absolute atomic E-state index is 0.202. The summed E-state index contributed by atoms with van der Waals surface area (Å²) in [5.41, 5.74) is 1.17. The molecule has 2 heterocycles. The minimum atomic E-state index is -0.454. The maximum absolute atomic E-state index is 12.5. The smallest absolute Gasteiger partial charge is 0.320 e. The summed E-state index contributed by atoms with van der Waals surface area (Å²) in [6.07, 6.45) is 2.43. The van der Waals surface area contributed by atoms with Gasteiger partial charge in [0.2, 0.25) is 0 Å². The van der Waals surface area contributed by atoms with Gasteiger partial charge in [-0.1, -0.05) is 18.2 Å². The molecule has 0 atom stereocenters. The van der Waals surface area contributed by atoms with Gasteiger partial charge in [0.1, 0.15) is 5.82 Å². The van der Waals surface area contributed by atoms with Crippen LogP contribution >= 0.6 is 0 Å². The molecule has 3 rings (SSSR count). The van der Waals surface area contributed by atoms with Crippen molar-refractivity contribution in [3.8, 4) is 5.69 Å². The summed E-state index contributed by atoms with van der Waals surface area (Å²) in [6, 6.07) is 8.62. The highest BCUT2D eigenvalue weighted by molar-refractivity contribution is 6.04. The summed E-state index contributed by atoms with van der Waals surface area (Å²) < 4.78 is 1.38. The van der Waals surface area contributed by atoms with Gasteiger partial charge in [-0.2, -0.15) is 0 Å². The third-order valence-electron chi connectivity index (χ3n) is 3.39. The molecule has 4 N–H and O–H groups in total. The topological polar surface area (TPSA) is 116 Å². The fraction of sp³-hybridized carbons (Fsp3) is 0.0667. The predicted octanol–water partition coefficient (Wildman–Crippen LogP) is 1.46. The number of urea groups is 1. The van der Waals surface area contributed by atoms with E-state index in [4.69, 9.17) is 5.41 Å². The van der Waals surface area contributed by atoms with E-state index in [0.717, 1.165) is 6.21 Å². The van der Waals surface area contributed by atoms with Gasteiger partial charge < -0.3 is 10.7 Å². The first-order valence-electron chi connectivity index (χ1n) is 6.84. The zero-order chi connectivity index (χ0) is 16.4. The third-order valence-corrected chi connectivity index (χ3v) is 3.39. The van der Waals surface area contributed by atoms with Crippen LogP contribution in [-0.2, 0) is 0 Å². The highest BCUT2D eigenvalue weighted by Gasteiger charge is 2.16.